The lowest BCUT2D eigenvalue weighted by molar-refractivity contribution is 0.102. The van der Waals surface area contributed by atoms with Gasteiger partial charge in [0.15, 0.2) is 5.78 Å². The molecule has 0 saturated heterocycles. The van der Waals surface area contributed by atoms with Crippen LogP contribution in [0.2, 0.25) is 0 Å². The van der Waals surface area contributed by atoms with Gasteiger partial charge in [-0.25, -0.2) is 0 Å². The molecule has 0 bridgehead atoms. The number of nitrogens with one attached hydrogen (secondary N) is 1. The van der Waals surface area contributed by atoms with Crippen LogP contribution >= 0.6 is 24.8 Å². The molecule has 0 heterocycles. The van der Waals surface area contributed by atoms with Crippen LogP contribution in [0.4, 0.5) is 11.4 Å². The first-order valence-corrected chi connectivity index (χ1v) is 8.14. The molecule has 2 rings (SSSR count). The quantitative estimate of drug-likeness (QED) is 0.318. The van der Waals surface area contributed by atoms with Crippen molar-refractivity contribution in [3.8, 4) is 0 Å². The van der Waals surface area contributed by atoms with Crippen molar-refractivity contribution in [2.24, 2.45) is 0 Å². The topological polar surface area (TPSA) is 52.6 Å². The maximum absolute atomic E-state index is 11.5. The number of hydrogen-bond donors (Lipinski definition) is 3. The summed E-state index contributed by atoms with van der Waals surface area (Å²) in [6, 6.07) is 12.8. The van der Waals surface area contributed by atoms with Crippen molar-refractivity contribution in [2.75, 3.05) is 14.9 Å². The van der Waals surface area contributed by atoms with E-state index in [1.165, 1.54) is 0 Å². The zero-order valence-electron chi connectivity index (χ0n) is 12.4. The Morgan fingerprint density at radius 2 is 1.77 bits per heavy atom. The maximum Gasteiger partial charge on any atom is 0.172 e. The third kappa shape index (κ3) is 4.43. The van der Waals surface area contributed by atoms with Gasteiger partial charge in [-0.2, -0.15) is 17.1 Å². The molecular weight excluding hydrogens is 316 g/mol. The van der Waals surface area contributed by atoms with Crippen molar-refractivity contribution in [3.05, 3.63) is 59.2 Å². The van der Waals surface area contributed by atoms with Gasteiger partial charge in [0.2, 0.25) is 0 Å². The molecule has 4 nitrogen and oxygen atoms in total. The molecule has 0 saturated carbocycles. The Bertz CT molecular complexity index is 639. The van der Waals surface area contributed by atoms with Gasteiger partial charge >= 0.3 is 0 Å². The van der Waals surface area contributed by atoms with Gasteiger partial charge in [-0.3, -0.25) is 10.0 Å². The molecule has 0 aromatic heterocycles. The number of benzene rings is 2. The van der Waals surface area contributed by atoms with Crippen molar-refractivity contribution in [3.63, 3.8) is 0 Å². The Hall–Kier alpha value is -1.63. The van der Waals surface area contributed by atoms with Crippen LogP contribution in [0.25, 0.3) is 0 Å². The third-order valence-electron chi connectivity index (χ3n) is 3.03. The fourth-order valence-corrected chi connectivity index (χ4v) is 2.77. The largest absolute Gasteiger partial charge is 0.310 e. The highest BCUT2D eigenvalue weighted by molar-refractivity contribution is 8.01. The number of aryl methyl sites for hydroxylation is 2. The minimum absolute atomic E-state index is 0.0413. The molecule has 0 aliphatic carbocycles. The summed E-state index contributed by atoms with van der Waals surface area (Å²) in [4.78, 5) is 11.5. The van der Waals surface area contributed by atoms with E-state index in [4.69, 9.17) is 0 Å². The Morgan fingerprint density at radius 3 is 2.32 bits per heavy atom. The van der Waals surface area contributed by atoms with Gasteiger partial charge in [-0.15, -0.1) is 0 Å². The Balaban J connectivity index is 1.99. The van der Waals surface area contributed by atoms with Crippen LogP contribution in [0.1, 0.15) is 21.5 Å². The number of thiol groups is 1. The van der Waals surface area contributed by atoms with E-state index >= 15 is 0 Å². The van der Waals surface area contributed by atoms with Gasteiger partial charge < -0.3 is 4.72 Å². The molecule has 0 atom stereocenters. The van der Waals surface area contributed by atoms with E-state index in [0.717, 1.165) is 33.4 Å². The second-order valence-electron chi connectivity index (χ2n) is 4.97. The number of carbonyl (C=O) groups is 1. The van der Waals surface area contributed by atoms with Gasteiger partial charge in [0.1, 0.15) is 0 Å². The SMILES string of the molecule is Cc1cc(C)cc(NSN(O)c2ccc(C(=O)CS)cc2)c1. The minimum Gasteiger partial charge on any atom is -0.310 e. The fraction of sp³-hybridized carbons (Fsp3) is 0.188. The van der Waals surface area contributed by atoms with Crippen molar-refractivity contribution in [2.45, 2.75) is 13.8 Å². The predicted octanol–water partition coefficient (Wildman–Crippen LogP) is 4.29. The Morgan fingerprint density at radius 1 is 1.18 bits per heavy atom. The number of nitrogens with zero attached hydrogens (tertiary/aromatic N) is 1. The van der Waals surface area contributed by atoms with Gasteiger partial charge in [0, 0.05) is 11.3 Å². The average molecular weight is 334 g/mol. The molecule has 0 aliphatic rings. The molecule has 2 aromatic carbocycles. The first-order chi connectivity index (χ1) is 10.5. The summed E-state index contributed by atoms with van der Waals surface area (Å²) < 4.78 is 4.11. The standard InChI is InChI=1S/C16H18N2O2S2/c1-11-7-12(2)9-14(8-11)17-22-18(20)15-5-3-13(4-6-15)16(19)10-21/h3-9,17,20-21H,10H2,1-2H3. The number of anilines is 2. The molecule has 0 aliphatic heterocycles. The number of hydrogen-bond acceptors (Lipinski definition) is 6. The van der Waals surface area contributed by atoms with E-state index in [-0.39, 0.29) is 11.5 Å². The number of Topliss-reactive ketones (excluding diaryl/α,β-unsaturated/α-hetero) is 1. The van der Waals surface area contributed by atoms with Crippen molar-refractivity contribution < 1.29 is 10.0 Å². The van der Waals surface area contributed by atoms with Crippen molar-refractivity contribution in [1.29, 1.82) is 0 Å². The van der Waals surface area contributed by atoms with E-state index in [1.807, 2.05) is 26.0 Å². The molecule has 0 unspecified atom stereocenters. The molecule has 116 valence electrons. The summed E-state index contributed by atoms with van der Waals surface area (Å²) >= 11 is 5.02. The van der Waals surface area contributed by atoms with Crippen LogP contribution in [0, 0.1) is 13.8 Å². The average Bonchev–Trinajstić information content (AvgIpc) is 2.51. The lowest BCUT2D eigenvalue weighted by Crippen LogP contribution is -2.11. The van der Waals surface area contributed by atoms with Gasteiger partial charge in [-0.1, -0.05) is 6.07 Å². The number of carbonyl (C=O) groups excluding carboxylic acids is 1. The monoisotopic (exact) mass is 334 g/mol. The smallest absolute Gasteiger partial charge is 0.172 e. The second kappa shape index (κ2) is 7.58. The molecule has 0 amide bonds. The third-order valence-corrected chi connectivity index (χ3v) is 4.02. The maximum atomic E-state index is 11.5. The molecule has 0 radical (unpaired) electrons. The van der Waals surface area contributed by atoms with Crippen molar-refractivity contribution in [1.82, 2.24) is 0 Å². The lowest BCUT2D eigenvalue weighted by atomic mass is 10.1. The first kappa shape index (κ1) is 16.7. The molecule has 0 fully saturated rings. The summed E-state index contributed by atoms with van der Waals surface area (Å²) in [6.07, 6.45) is 0. The molecule has 2 aromatic rings. The Labute approximate surface area is 140 Å². The van der Waals surface area contributed by atoms with Gasteiger partial charge in [0.05, 0.1) is 23.6 Å². The molecule has 2 N–H and O–H groups in total. The number of ketones is 1. The zero-order chi connectivity index (χ0) is 16.1. The Kier molecular flexibility index (Phi) is 5.76. The van der Waals surface area contributed by atoms with Gasteiger partial charge in [0.25, 0.3) is 0 Å². The lowest BCUT2D eigenvalue weighted by Gasteiger charge is -2.16. The summed E-state index contributed by atoms with van der Waals surface area (Å²) in [5.41, 5.74) is 4.39. The highest BCUT2D eigenvalue weighted by Crippen LogP contribution is 2.23. The van der Waals surface area contributed by atoms with E-state index in [1.54, 1.807) is 24.3 Å². The molecule has 6 heteroatoms. The highest BCUT2D eigenvalue weighted by Gasteiger charge is 2.07. The predicted molar refractivity (Wildman–Crippen MR) is 96.0 cm³/mol. The van der Waals surface area contributed by atoms with Crippen LogP contribution in [0.15, 0.2) is 42.5 Å². The highest BCUT2D eigenvalue weighted by atomic mass is 32.2. The van der Waals surface area contributed by atoms with E-state index < -0.39 is 0 Å². The fourth-order valence-electron chi connectivity index (χ4n) is 2.05. The van der Waals surface area contributed by atoms with Crippen LogP contribution in [-0.2, 0) is 0 Å². The minimum atomic E-state index is -0.0413. The zero-order valence-corrected chi connectivity index (χ0v) is 14.1. The number of rotatable bonds is 6. The van der Waals surface area contributed by atoms with E-state index in [2.05, 4.69) is 23.4 Å². The molecule has 0 spiro atoms. The van der Waals surface area contributed by atoms with Gasteiger partial charge in [-0.05, 0) is 61.4 Å². The normalized spacial score (nSPS) is 10.4. The molecular formula is C16H18N2O2S2. The molecule has 22 heavy (non-hydrogen) atoms. The second-order valence-corrected chi connectivity index (χ2v) is 6.02. The van der Waals surface area contributed by atoms with Crippen LogP contribution in [0.3, 0.4) is 0 Å². The first-order valence-electron chi connectivity index (χ1n) is 6.74. The summed E-state index contributed by atoms with van der Waals surface area (Å²) in [6.45, 7) is 4.05. The van der Waals surface area contributed by atoms with Crippen LogP contribution in [0.5, 0.6) is 0 Å². The van der Waals surface area contributed by atoms with Crippen LogP contribution in [-0.4, -0.2) is 16.7 Å². The van der Waals surface area contributed by atoms with E-state index in [0.29, 0.717) is 11.3 Å². The van der Waals surface area contributed by atoms with Crippen molar-refractivity contribution >= 4 is 41.9 Å². The summed E-state index contributed by atoms with van der Waals surface area (Å²) in [5.74, 6) is 0.131. The summed E-state index contributed by atoms with van der Waals surface area (Å²) in [7, 11) is 0. The van der Waals surface area contributed by atoms with Crippen LogP contribution < -0.4 is 9.19 Å². The van der Waals surface area contributed by atoms with E-state index in [9.17, 15) is 10.0 Å². The summed E-state index contributed by atoms with van der Waals surface area (Å²) in [5, 5.41) is 10.0.